The fraction of sp³-hybridized carbons (Fsp3) is 1.00. The maximum Gasteiger partial charge on any atom is 0.282 e. The molecule has 4 nitrogen and oxygen atoms in total. The molecule has 0 aromatic carbocycles. The van der Waals surface area contributed by atoms with Crippen molar-refractivity contribution >= 4 is 10.2 Å². The lowest BCUT2D eigenvalue weighted by molar-refractivity contribution is 0.221. The molecule has 2 rings (SSSR count). The first kappa shape index (κ1) is 16.2. The van der Waals surface area contributed by atoms with Crippen molar-refractivity contribution in [2.75, 3.05) is 7.05 Å². The van der Waals surface area contributed by atoms with Crippen LogP contribution in [0.3, 0.4) is 0 Å². The Labute approximate surface area is 124 Å². The molecule has 0 spiro atoms. The largest absolute Gasteiger partial charge is 0.282 e. The fourth-order valence-corrected chi connectivity index (χ4v) is 5.27. The molecule has 118 valence electrons. The van der Waals surface area contributed by atoms with Gasteiger partial charge in [-0.1, -0.05) is 33.1 Å². The third-order valence-electron chi connectivity index (χ3n) is 4.99. The molecular formula is C15H30N2O2S. The van der Waals surface area contributed by atoms with Gasteiger partial charge >= 0.3 is 0 Å². The Morgan fingerprint density at radius 3 is 1.90 bits per heavy atom. The fourth-order valence-electron chi connectivity index (χ4n) is 3.14. The molecule has 2 saturated carbocycles. The van der Waals surface area contributed by atoms with Crippen LogP contribution < -0.4 is 0 Å². The van der Waals surface area contributed by atoms with Crippen molar-refractivity contribution in [2.24, 2.45) is 5.92 Å². The van der Waals surface area contributed by atoms with E-state index in [0.29, 0.717) is 5.92 Å². The molecule has 5 heteroatoms. The zero-order chi connectivity index (χ0) is 14.9. The second-order valence-electron chi connectivity index (χ2n) is 6.86. The van der Waals surface area contributed by atoms with Crippen molar-refractivity contribution in [3.8, 4) is 0 Å². The Hall–Kier alpha value is -0.130. The van der Waals surface area contributed by atoms with E-state index in [2.05, 4.69) is 20.8 Å². The predicted molar refractivity (Wildman–Crippen MR) is 82.7 cm³/mol. The van der Waals surface area contributed by atoms with Crippen LogP contribution in [0.15, 0.2) is 0 Å². The third kappa shape index (κ3) is 3.37. The molecule has 2 aliphatic rings. The summed E-state index contributed by atoms with van der Waals surface area (Å²) in [5.41, 5.74) is 0. The van der Waals surface area contributed by atoms with Crippen molar-refractivity contribution in [1.82, 2.24) is 8.61 Å². The highest BCUT2D eigenvalue weighted by Gasteiger charge is 2.44. The van der Waals surface area contributed by atoms with Crippen LogP contribution in [0, 0.1) is 5.92 Å². The minimum absolute atomic E-state index is 0.0820. The molecule has 0 N–H and O–H groups in total. The van der Waals surface area contributed by atoms with Crippen molar-refractivity contribution in [1.29, 1.82) is 0 Å². The second-order valence-corrected chi connectivity index (χ2v) is 8.75. The van der Waals surface area contributed by atoms with Crippen LogP contribution >= 0.6 is 0 Å². The van der Waals surface area contributed by atoms with Gasteiger partial charge in [0.15, 0.2) is 0 Å². The topological polar surface area (TPSA) is 40.6 Å². The monoisotopic (exact) mass is 302 g/mol. The zero-order valence-electron chi connectivity index (χ0n) is 13.4. The molecule has 2 aliphatic carbocycles. The minimum atomic E-state index is -3.32. The lowest BCUT2D eigenvalue weighted by Crippen LogP contribution is -2.52. The Balaban J connectivity index is 2.16. The van der Waals surface area contributed by atoms with Crippen LogP contribution in [0.2, 0.25) is 0 Å². The molecule has 0 bridgehead atoms. The maximum atomic E-state index is 13.0. The summed E-state index contributed by atoms with van der Waals surface area (Å²) >= 11 is 0. The molecular weight excluding hydrogens is 272 g/mol. The van der Waals surface area contributed by atoms with Crippen LogP contribution in [0.4, 0.5) is 0 Å². The van der Waals surface area contributed by atoms with E-state index < -0.39 is 10.2 Å². The lowest BCUT2D eigenvalue weighted by Gasteiger charge is -2.38. The van der Waals surface area contributed by atoms with E-state index in [1.54, 1.807) is 15.7 Å². The van der Waals surface area contributed by atoms with Gasteiger partial charge in [0.05, 0.1) is 0 Å². The van der Waals surface area contributed by atoms with Gasteiger partial charge in [-0.05, 0) is 38.5 Å². The van der Waals surface area contributed by atoms with Gasteiger partial charge in [0.25, 0.3) is 10.2 Å². The maximum absolute atomic E-state index is 13.0. The average Bonchev–Trinajstić information content (AvgIpc) is 3.23. The van der Waals surface area contributed by atoms with Crippen LogP contribution in [-0.4, -0.2) is 42.2 Å². The Morgan fingerprint density at radius 2 is 1.45 bits per heavy atom. The molecule has 20 heavy (non-hydrogen) atoms. The van der Waals surface area contributed by atoms with Crippen molar-refractivity contribution in [3.05, 3.63) is 0 Å². The zero-order valence-corrected chi connectivity index (χ0v) is 14.2. The molecule has 2 fully saturated rings. The standard InChI is InChI=1S/C15H30N2O2S/c1-12(2)13(3)17(15-10-11-15)20(18,19)16(4)14-8-6-5-7-9-14/h12-15H,5-11H2,1-4H3. The molecule has 0 amide bonds. The highest BCUT2D eigenvalue weighted by atomic mass is 32.2. The van der Waals surface area contributed by atoms with Crippen LogP contribution in [0.25, 0.3) is 0 Å². The van der Waals surface area contributed by atoms with E-state index in [9.17, 15) is 8.42 Å². The van der Waals surface area contributed by atoms with Crippen molar-refractivity contribution < 1.29 is 8.42 Å². The molecule has 0 saturated heterocycles. The number of nitrogens with zero attached hydrogens (tertiary/aromatic N) is 2. The summed E-state index contributed by atoms with van der Waals surface area (Å²) in [6, 6.07) is 0.524. The number of rotatable bonds is 6. The SMILES string of the molecule is CC(C)C(C)N(C1CC1)S(=O)(=O)N(C)C1CCCCC1. The van der Waals surface area contributed by atoms with Gasteiger partial charge in [-0.15, -0.1) is 0 Å². The predicted octanol–water partition coefficient (Wildman–Crippen LogP) is 3.00. The van der Waals surface area contributed by atoms with E-state index in [1.165, 1.54) is 6.42 Å². The van der Waals surface area contributed by atoms with Gasteiger partial charge in [-0.3, -0.25) is 0 Å². The van der Waals surface area contributed by atoms with Crippen LogP contribution in [0.5, 0.6) is 0 Å². The first-order valence-corrected chi connectivity index (χ1v) is 9.52. The minimum Gasteiger partial charge on any atom is -0.195 e. The van der Waals surface area contributed by atoms with E-state index in [4.69, 9.17) is 0 Å². The number of hydrogen-bond donors (Lipinski definition) is 0. The van der Waals surface area contributed by atoms with Crippen LogP contribution in [0.1, 0.15) is 65.7 Å². The quantitative estimate of drug-likeness (QED) is 0.757. The highest BCUT2D eigenvalue weighted by Crippen LogP contribution is 2.35. The third-order valence-corrected chi connectivity index (χ3v) is 7.18. The van der Waals surface area contributed by atoms with E-state index in [0.717, 1.165) is 38.5 Å². The Bertz CT molecular complexity index is 412. The molecule has 0 radical (unpaired) electrons. The Morgan fingerprint density at radius 1 is 0.900 bits per heavy atom. The van der Waals surface area contributed by atoms with Crippen molar-refractivity contribution in [2.45, 2.75) is 83.8 Å². The average molecular weight is 302 g/mol. The normalized spacial score (nSPS) is 23.8. The first-order chi connectivity index (χ1) is 9.35. The number of hydrogen-bond acceptors (Lipinski definition) is 2. The Kier molecular flexibility index (Phi) is 5.14. The smallest absolute Gasteiger partial charge is 0.195 e. The molecule has 0 aromatic heterocycles. The van der Waals surface area contributed by atoms with Gasteiger partial charge in [-0.2, -0.15) is 17.0 Å². The molecule has 0 aliphatic heterocycles. The van der Waals surface area contributed by atoms with E-state index in [1.807, 2.05) is 0 Å². The van der Waals surface area contributed by atoms with Gasteiger partial charge in [0, 0.05) is 25.2 Å². The summed E-state index contributed by atoms with van der Waals surface area (Å²) in [6.45, 7) is 6.27. The van der Waals surface area contributed by atoms with Crippen molar-refractivity contribution in [3.63, 3.8) is 0 Å². The molecule has 0 heterocycles. The van der Waals surface area contributed by atoms with Gasteiger partial charge in [-0.25, -0.2) is 0 Å². The molecule has 1 unspecified atom stereocenters. The molecule has 1 atom stereocenters. The van der Waals surface area contributed by atoms with Gasteiger partial charge in [0.1, 0.15) is 0 Å². The summed E-state index contributed by atoms with van der Waals surface area (Å²) in [5.74, 6) is 0.352. The first-order valence-electron chi connectivity index (χ1n) is 8.12. The summed E-state index contributed by atoms with van der Waals surface area (Å²) in [5, 5.41) is 0. The summed E-state index contributed by atoms with van der Waals surface area (Å²) < 4.78 is 29.5. The van der Waals surface area contributed by atoms with Crippen LogP contribution in [-0.2, 0) is 10.2 Å². The van der Waals surface area contributed by atoms with Gasteiger partial charge in [0.2, 0.25) is 0 Å². The highest BCUT2D eigenvalue weighted by molar-refractivity contribution is 7.86. The summed E-state index contributed by atoms with van der Waals surface area (Å²) in [7, 11) is -1.53. The van der Waals surface area contributed by atoms with Gasteiger partial charge < -0.3 is 0 Å². The van der Waals surface area contributed by atoms with E-state index >= 15 is 0 Å². The second kappa shape index (κ2) is 6.32. The summed E-state index contributed by atoms with van der Waals surface area (Å²) in [6.07, 6.45) is 7.65. The lowest BCUT2D eigenvalue weighted by atomic mass is 9.96. The van der Waals surface area contributed by atoms with E-state index in [-0.39, 0.29) is 18.1 Å². The summed E-state index contributed by atoms with van der Waals surface area (Å²) in [4.78, 5) is 0. The molecule has 0 aromatic rings.